The summed E-state index contributed by atoms with van der Waals surface area (Å²) < 4.78 is 0. The molecule has 1 aliphatic carbocycles. The van der Waals surface area contributed by atoms with Gasteiger partial charge >= 0.3 is 0 Å². The second kappa shape index (κ2) is 15.4. The Labute approximate surface area is 134 Å². The van der Waals surface area contributed by atoms with Gasteiger partial charge in [0.1, 0.15) is 6.79 Å². The lowest BCUT2D eigenvalue weighted by Crippen LogP contribution is -2.09. The molecule has 3 nitrogen and oxygen atoms in total. The van der Waals surface area contributed by atoms with Crippen LogP contribution in [-0.2, 0) is 9.59 Å². The largest absolute Gasteiger partial charge is 0.370 e. The van der Waals surface area contributed by atoms with Gasteiger partial charge < -0.3 is 10.5 Å². The number of primary amides is 1. The minimum atomic E-state index is -0.166. The number of allylic oxidation sites excluding steroid dienone is 4. The molecule has 4 heteroatoms. The van der Waals surface area contributed by atoms with E-state index in [1.165, 1.54) is 55.6 Å². The van der Waals surface area contributed by atoms with Gasteiger partial charge in [-0.25, -0.2) is 0 Å². The molecule has 0 aromatic heterocycles. The summed E-state index contributed by atoms with van der Waals surface area (Å²) in [4.78, 5) is 18.5. The van der Waals surface area contributed by atoms with Crippen LogP contribution in [0.5, 0.6) is 0 Å². The van der Waals surface area contributed by atoms with Gasteiger partial charge in [-0.15, -0.1) is 0 Å². The summed E-state index contributed by atoms with van der Waals surface area (Å²) in [6.07, 6.45) is 17.1. The fraction of sp³-hybridized carbons (Fsp3) is 0.647. The summed E-state index contributed by atoms with van der Waals surface area (Å²) in [6, 6.07) is 0. The Balaban J connectivity index is 0. The van der Waals surface area contributed by atoms with Gasteiger partial charge in [-0.2, -0.15) is 11.8 Å². The first kappa shape index (κ1) is 20.0. The number of hydrogen-bond acceptors (Lipinski definition) is 3. The van der Waals surface area contributed by atoms with Crippen molar-refractivity contribution in [3.8, 4) is 0 Å². The van der Waals surface area contributed by atoms with Crippen LogP contribution in [0.1, 0.15) is 59.2 Å². The second-order valence-electron chi connectivity index (χ2n) is 5.11. The van der Waals surface area contributed by atoms with Crippen LogP contribution in [0.2, 0.25) is 0 Å². The lowest BCUT2D eigenvalue weighted by Gasteiger charge is -2.06. The average molecular weight is 314 g/mol. The van der Waals surface area contributed by atoms with Gasteiger partial charge in [-0.1, -0.05) is 36.6 Å². The van der Waals surface area contributed by atoms with Crippen LogP contribution in [0.3, 0.4) is 0 Å². The molecule has 0 unspecified atom stereocenters. The molecule has 0 aromatic carbocycles. The van der Waals surface area contributed by atoms with E-state index in [2.05, 4.69) is 30.0 Å². The van der Waals surface area contributed by atoms with Crippen LogP contribution < -0.4 is 5.73 Å². The van der Waals surface area contributed by atoms with E-state index in [4.69, 9.17) is 10.5 Å². The maximum absolute atomic E-state index is 10.5. The van der Waals surface area contributed by atoms with Gasteiger partial charge in [0.2, 0.25) is 5.91 Å². The molecule has 0 fully saturated rings. The van der Waals surface area contributed by atoms with Gasteiger partial charge in [0.05, 0.1) is 0 Å². The number of unbranched alkanes of at least 4 members (excludes halogenated alkanes) is 3. The quantitative estimate of drug-likeness (QED) is 0.579. The fourth-order valence-corrected chi connectivity index (χ4v) is 3.15. The van der Waals surface area contributed by atoms with Crippen molar-refractivity contribution < 1.29 is 11.0 Å². The van der Waals surface area contributed by atoms with E-state index in [0.29, 0.717) is 6.42 Å². The maximum atomic E-state index is 10.5. The topological polar surface area (TPSA) is 60.2 Å². The Morgan fingerprint density at radius 3 is 2.52 bits per heavy atom. The molecule has 0 heterocycles. The predicted molar refractivity (Wildman–Crippen MR) is 94.5 cm³/mol. The Kier molecular flexibility index (Phi) is 14.6. The molecule has 2 N–H and O–H groups in total. The van der Waals surface area contributed by atoms with E-state index in [9.17, 15) is 4.79 Å². The van der Waals surface area contributed by atoms with Crippen molar-refractivity contribution in [1.82, 2.24) is 0 Å². The van der Waals surface area contributed by atoms with Gasteiger partial charge in [0.25, 0.3) is 0 Å². The normalized spacial score (nSPS) is 13.2. The smallest absolute Gasteiger partial charge is 0.217 e. The molecule has 0 radical (unpaired) electrons. The van der Waals surface area contributed by atoms with Gasteiger partial charge in [0, 0.05) is 7.85 Å². The van der Waals surface area contributed by atoms with Crippen molar-refractivity contribution >= 4 is 24.5 Å². The van der Waals surface area contributed by atoms with Gasteiger partial charge in [0.15, 0.2) is 0 Å². The van der Waals surface area contributed by atoms with Crippen LogP contribution in [0.4, 0.5) is 0 Å². The van der Waals surface area contributed by atoms with Crippen molar-refractivity contribution in [2.75, 3.05) is 11.5 Å². The summed E-state index contributed by atoms with van der Waals surface area (Å²) in [7, 11) is 0. The molecule has 122 valence electrons. The first-order valence-corrected chi connectivity index (χ1v) is 8.95. The number of rotatable bonds is 11. The van der Waals surface area contributed by atoms with Crippen LogP contribution in [0, 0.1) is 0 Å². The van der Waals surface area contributed by atoms with Crippen LogP contribution in [0.25, 0.3) is 0 Å². The van der Waals surface area contributed by atoms with Crippen LogP contribution >= 0.6 is 11.8 Å². The Hall–Kier alpha value is -1.03. The molecular formula is C17H31NO2S. The molecule has 21 heavy (non-hydrogen) atoms. The first-order chi connectivity index (χ1) is 10.3. The molecule has 0 aliphatic heterocycles. The van der Waals surface area contributed by atoms with Crippen molar-refractivity contribution in [3.63, 3.8) is 0 Å². The summed E-state index contributed by atoms with van der Waals surface area (Å²) in [6.45, 7) is 2.00. The summed E-state index contributed by atoms with van der Waals surface area (Å²) >= 11 is 2.06. The van der Waals surface area contributed by atoms with E-state index >= 15 is 0 Å². The zero-order chi connectivity index (χ0) is 15.8. The number of carbonyl (C=O) groups excluding carboxylic acids is 2. The number of nitrogens with two attached hydrogens (primary N) is 1. The molecule has 0 saturated heterocycles. The summed E-state index contributed by atoms with van der Waals surface area (Å²) in [5.74, 6) is 2.36. The lowest BCUT2D eigenvalue weighted by atomic mass is 10.0. The van der Waals surface area contributed by atoms with Crippen LogP contribution in [-0.4, -0.2) is 24.2 Å². The van der Waals surface area contributed by atoms with Crippen molar-refractivity contribution in [2.24, 2.45) is 5.73 Å². The van der Waals surface area contributed by atoms with E-state index in [-0.39, 0.29) is 7.33 Å². The van der Waals surface area contributed by atoms with Gasteiger partial charge in [-0.05, 0) is 50.0 Å². The third-order valence-corrected chi connectivity index (χ3v) is 4.44. The minimum absolute atomic E-state index is 0. The number of amides is 1. The number of hydrogen-bond donors (Lipinski definition) is 1. The highest BCUT2D eigenvalue weighted by Gasteiger charge is 1.98. The molecule has 0 bridgehead atoms. The first-order valence-electron chi connectivity index (χ1n) is 7.79. The zero-order valence-electron chi connectivity index (χ0n) is 13.0. The standard InChI is InChI=1S/C16H27NOS.CH2O.H2/c17-16(18)12-6-1-2-7-13-19-14-8-11-15-9-4-3-5-10-15;1-2;/h4,9-10H,1-3,5-8,11-14H2,(H2,17,18);1H2;1H. The molecule has 1 aliphatic rings. The minimum Gasteiger partial charge on any atom is -0.370 e. The van der Waals surface area contributed by atoms with E-state index in [1.807, 2.05) is 6.79 Å². The number of carbonyl (C=O) groups is 2. The molecule has 1 rings (SSSR count). The van der Waals surface area contributed by atoms with Crippen molar-refractivity contribution in [1.29, 1.82) is 0 Å². The Bertz CT molecular complexity index is 333. The highest BCUT2D eigenvalue weighted by molar-refractivity contribution is 7.99. The predicted octanol–water partition coefficient (Wildman–Crippen LogP) is 4.27. The third kappa shape index (κ3) is 13.7. The molecule has 0 spiro atoms. The van der Waals surface area contributed by atoms with E-state index < -0.39 is 0 Å². The third-order valence-electron chi connectivity index (χ3n) is 3.29. The molecule has 0 saturated carbocycles. The Morgan fingerprint density at radius 1 is 1.14 bits per heavy atom. The summed E-state index contributed by atoms with van der Waals surface area (Å²) in [5.41, 5.74) is 6.62. The molecule has 1 amide bonds. The van der Waals surface area contributed by atoms with E-state index in [1.54, 1.807) is 0 Å². The van der Waals surface area contributed by atoms with Crippen molar-refractivity contribution in [3.05, 3.63) is 23.8 Å². The average Bonchev–Trinajstić information content (AvgIpc) is 2.52. The maximum Gasteiger partial charge on any atom is 0.217 e. The lowest BCUT2D eigenvalue weighted by molar-refractivity contribution is -0.118. The molecule has 0 aromatic rings. The highest BCUT2D eigenvalue weighted by Crippen LogP contribution is 2.17. The van der Waals surface area contributed by atoms with E-state index in [0.717, 1.165) is 12.8 Å². The monoisotopic (exact) mass is 313 g/mol. The summed E-state index contributed by atoms with van der Waals surface area (Å²) in [5, 5.41) is 0. The van der Waals surface area contributed by atoms with Gasteiger partial charge in [-0.3, -0.25) is 4.79 Å². The van der Waals surface area contributed by atoms with Crippen LogP contribution in [0.15, 0.2) is 23.8 Å². The highest BCUT2D eigenvalue weighted by atomic mass is 32.2. The Morgan fingerprint density at radius 2 is 1.86 bits per heavy atom. The van der Waals surface area contributed by atoms with Crippen molar-refractivity contribution in [2.45, 2.75) is 57.8 Å². The molecule has 0 atom stereocenters. The fourth-order valence-electron chi connectivity index (χ4n) is 2.19. The SMILES string of the molecule is C=O.NC(=O)CCCCCCSCCCC1=CCCC=C1.[HH]. The number of thioether (sulfide) groups is 1. The zero-order valence-corrected chi connectivity index (χ0v) is 13.8. The second-order valence-corrected chi connectivity index (χ2v) is 6.33. The molecular weight excluding hydrogens is 282 g/mol.